The van der Waals surface area contributed by atoms with Gasteiger partial charge in [0, 0.05) is 6.42 Å². The van der Waals surface area contributed by atoms with Gasteiger partial charge in [0.15, 0.2) is 0 Å². The Morgan fingerprint density at radius 2 is 2.16 bits per heavy atom. The first-order valence-electron chi connectivity index (χ1n) is 6.00. The van der Waals surface area contributed by atoms with Gasteiger partial charge in [-0.3, -0.25) is 4.79 Å². The SMILES string of the molecule is CC(C)c1nc(Cc2cccc(F)c2)[nH]c(=O)c1Br. The van der Waals surface area contributed by atoms with Crippen LogP contribution in [0.4, 0.5) is 4.39 Å². The topological polar surface area (TPSA) is 45.8 Å². The van der Waals surface area contributed by atoms with Gasteiger partial charge in [-0.2, -0.15) is 0 Å². The van der Waals surface area contributed by atoms with Crippen molar-refractivity contribution in [1.82, 2.24) is 9.97 Å². The second-order valence-corrected chi connectivity index (χ2v) is 5.47. The smallest absolute Gasteiger partial charge is 0.265 e. The van der Waals surface area contributed by atoms with E-state index < -0.39 is 0 Å². The molecule has 1 aromatic heterocycles. The second kappa shape index (κ2) is 5.65. The normalized spacial score (nSPS) is 11.0. The van der Waals surface area contributed by atoms with Gasteiger partial charge in [-0.25, -0.2) is 9.37 Å². The van der Waals surface area contributed by atoms with E-state index in [1.807, 2.05) is 13.8 Å². The molecular formula is C14H14BrFN2O. The molecule has 19 heavy (non-hydrogen) atoms. The molecule has 0 amide bonds. The number of aromatic nitrogens is 2. The van der Waals surface area contributed by atoms with Crippen LogP contribution >= 0.6 is 15.9 Å². The largest absolute Gasteiger partial charge is 0.309 e. The number of benzene rings is 1. The lowest BCUT2D eigenvalue weighted by molar-refractivity contribution is 0.625. The van der Waals surface area contributed by atoms with Crippen molar-refractivity contribution in [2.24, 2.45) is 0 Å². The molecular weight excluding hydrogens is 311 g/mol. The molecule has 0 radical (unpaired) electrons. The van der Waals surface area contributed by atoms with Crippen LogP contribution in [0.3, 0.4) is 0 Å². The molecule has 0 saturated heterocycles. The van der Waals surface area contributed by atoms with Crippen molar-refractivity contribution >= 4 is 15.9 Å². The van der Waals surface area contributed by atoms with E-state index in [0.717, 1.165) is 11.3 Å². The Hall–Kier alpha value is -1.49. The molecule has 0 aliphatic rings. The maximum Gasteiger partial charge on any atom is 0.265 e. The fraction of sp³-hybridized carbons (Fsp3) is 0.286. The molecule has 0 atom stereocenters. The summed E-state index contributed by atoms with van der Waals surface area (Å²) in [6.07, 6.45) is 0.403. The number of rotatable bonds is 3. The van der Waals surface area contributed by atoms with Crippen molar-refractivity contribution < 1.29 is 4.39 Å². The number of hydrogen-bond acceptors (Lipinski definition) is 2. The van der Waals surface area contributed by atoms with Crippen LogP contribution in [0.15, 0.2) is 33.5 Å². The minimum absolute atomic E-state index is 0.142. The summed E-state index contributed by atoms with van der Waals surface area (Å²) >= 11 is 3.25. The number of nitrogens with one attached hydrogen (secondary N) is 1. The Morgan fingerprint density at radius 1 is 1.42 bits per heavy atom. The van der Waals surface area contributed by atoms with Gasteiger partial charge in [-0.05, 0) is 39.5 Å². The maximum absolute atomic E-state index is 13.1. The zero-order chi connectivity index (χ0) is 14.0. The van der Waals surface area contributed by atoms with E-state index in [1.54, 1.807) is 12.1 Å². The van der Waals surface area contributed by atoms with Crippen LogP contribution in [0.2, 0.25) is 0 Å². The standard InChI is InChI=1S/C14H14BrFN2O/c1-8(2)13-12(15)14(19)18-11(17-13)7-9-4-3-5-10(16)6-9/h3-6,8H,7H2,1-2H3,(H,17,18,19). The van der Waals surface area contributed by atoms with Crippen molar-refractivity contribution in [1.29, 1.82) is 0 Å². The predicted octanol–water partition coefficient (Wildman–Crippen LogP) is 3.39. The fourth-order valence-electron chi connectivity index (χ4n) is 1.83. The Bertz CT molecular complexity index is 652. The summed E-state index contributed by atoms with van der Waals surface area (Å²) in [7, 11) is 0. The quantitative estimate of drug-likeness (QED) is 0.940. The van der Waals surface area contributed by atoms with E-state index >= 15 is 0 Å². The van der Waals surface area contributed by atoms with E-state index in [4.69, 9.17) is 0 Å². The third-order valence-electron chi connectivity index (χ3n) is 2.74. The van der Waals surface area contributed by atoms with Crippen LogP contribution in [-0.4, -0.2) is 9.97 Å². The van der Waals surface area contributed by atoms with E-state index in [-0.39, 0.29) is 17.3 Å². The van der Waals surface area contributed by atoms with Gasteiger partial charge in [0.05, 0.1) is 5.69 Å². The highest BCUT2D eigenvalue weighted by molar-refractivity contribution is 9.10. The summed E-state index contributed by atoms with van der Waals surface area (Å²) in [6.45, 7) is 3.94. The molecule has 3 nitrogen and oxygen atoms in total. The lowest BCUT2D eigenvalue weighted by atomic mass is 10.1. The lowest BCUT2D eigenvalue weighted by Crippen LogP contribution is -2.16. The molecule has 0 spiro atoms. The van der Waals surface area contributed by atoms with Gasteiger partial charge in [-0.15, -0.1) is 0 Å². The summed E-state index contributed by atoms with van der Waals surface area (Å²) in [5.74, 6) is 0.395. The number of halogens is 2. The highest BCUT2D eigenvalue weighted by atomic mass is 79.9. The molecule has 2 aromatic rings. The third-order valence-corrected chi connectivity index (χ3v) is 3.51. The first-order chi connectivity index (χ1) is 8.97. The van der Waals surface area contributed by atoms with Gasteiger partial charge in [-0.1, -0.05) is 26.0 Å². The van der Waals surface area contributed by atoms with Crippen LogP contribution in [0, 0.1) is 5.82 Å². The van der Waals surface area contributed by atoms with Crippen molar-refractivity contribution in [3.63, 3.8) is 0 Å². The van der Waals surface area contributed by atoms with Crippen molar-refractivity contribution in [2.45, 2.75) is 26.2 Å². The number of nitrogens with zero attached hydrogens (tertiary/aromatic N) is 1. The van der Waals surface area contributed by atoms with Crippen LogP contribution < -0.4 is 5.56 Å². The first-order valence-corrected chi connectivity index (χ1v) is 6.79. The van der Waals surface area contributed by atoms with E-state index in [2.05, 4.69) is 25.9 Å². The molecule has 2 rings (SSSR count). The number of aromatic amines is 1. The van der Waals surface area contributed by atoms with Gasteiger partial charge >= 0.3 is 0 Å². The molecule has 0 bridgehead atoms. The molecule has 1 N–H and O–H groups in total. The van der Waals surface area contributed by atoms with E-state index in [1.165, 1.54) is 12.1 Å². The van der Waals surface area contributed by atoms with E-state index in [0.29, 0.717) is 16.7 Å². The average Bonchev–Trinajstić information content (AvgIpc) is 2.33. The summed E-state index contributed by atoms with van der Waals surface area (Å²) in [4.78, 5) is 18.9. The molecule has 100 valence electrons. The van der Waals surface area contributed by atoms with E-state index in [9.17, 15) is 9.18 Å². The maximum atomic E-state index is 13.1. The van der Waals surface area contributed by atoms with Crippen molar-refractivity contribution in [3.8, 4) is 0 Å². The molecule has 5 heteroatoms. The highest BCUT2D eigenvalue weighted by Crippen LogP contribution is 2.19. The minimum atomic E-state index is -0.291. The highest BCUT2D eigenvalue weighted by Gasteiger charge is 2.12. The minimum Gasteiger partial charge on any atom is -0.309 e. The molecule has 0 aliphatic heterocycles. The van der Waals surface area contributed by atoms with Crippen LogP contribution in [0.5, 0.6) is 0 Å². The zero-order valence-corrected chi connectivity index (χ0v) is 12.3. The Labute approximate surface area is 119 Å². The first kappa shape index (κ1) is 13.9. The molecule has 0 saturated carbocycles. The zero-order valence-electron chi connectivity index (χ0n) is 10.7. The summed E-state index contributed by atoms with van der Waals surface area (Å²) in [5, 5.41) is 0. The molecule has 1 aromatic carbocycles. The van der Waals surface area contributed by atoms with Crippen molar-refractivity contribution in [2.75, 3.05) is 0 Å². The monoisotopic (exact) mass is 324 g/mol. The Kier molecular flexibility index (Phi) is 4.14. The van der Waals surface area contributed by atoms with Gasteiger partial charge in [0.1, 0.15) is 16.1 Å². The molecule has 0 fully saturated rings. The molecule has 0 unspecified atom stereocenters. The van der Waals surface area contributed by atoms with Crippen molar-refractivity contribution in [3.05, 3.63) is 62.0 Å². The summed E-state index contributed by atoms with van der Waals surface area (Å²) < 4.78 is 13.6. The lowest BCUT2D eigenvalue weighted by Gasteiger charge is -2.09. The van der Waals surface area contributed by atoms with Gasteiger partial charge in [0.2, 0.25) is 0 Å². The Balaban J connectivity index is 2.39. The molecule has 0 aliphatic carbocycles. The predicted molar refractivity (Wildman–Crippen MR) is 75.9 cm³/mol. The summed E-state index contributed by atoms with van der Waals surface area (Å²) in [5.41, 5.74) is 1.29. The third kappa shape index (κ3) is 3.29. The molecule has 1 heterocycles. The van der Waals surface area contributed by atoms with Gasteiger partial charge in [0.25, 0.3) is 5.56 Å². The van der Waals surface area contributed by atoms with Gasteiger partial charge < -0.3 is 4.98 Å². The van der Waals surface area contributed by atoms with Crippen LogP contribution in [0.1, 0.15) is 36.8 Å². The average molecular weight is 325 g/mol. The second-order valence-electron chi connectivity index (χ2n) is 4.67. The van der Waals surface area contributed by atoms with Crippen LogP contribution in [-0.2, 0) is 6.42 Å². The fourth-order valence-corrected chi connectivity index (χ4v) is 2.48. The number of H-pyrrole nitrogens is 1. The Morgan fingerprint density at radius 3 is 2.79 bits per heavy atom. The van der Waals surface area contributed by atoms with Crippen LogP contribution in [0.25, 0.3) is 0 Å². The summed E-state index contributed by atoms with van der Waals surface area (Å²) in [6, 6.07) is 6.28. The number of hydrogen-bond donors (Lipinski definition) is 1.